The van der Waals surface area contributed by atoms with E-state index >= 15 is 0 Å². The summed E-state index contributed by atoms with van der Waals surface area (Å²) in [5.41, 5.74) is 13.2. The number of hydrogen-bond donors (Lipinski definition) is 2. The molecule has 0 spiro atoms. The highest BCUT2D eigenvalue weighted by Crippen LogP contribution is 2.36. The predicted molar refractivity (Wildman–Crippen MR) is 216 cm³/mol. The molecule has 9 nitrogen and oxygen atoms in total. The van der Waals surface area contributed by atoms with Gasteiger partial charge in [0.15, 0.2) is 5.78 Å². The summed E-state index contributed by atoms with van der Waals surface area (Å²) in [6, 6.07) is 11.4. The number of carbonyl (C=O) groups excluding carboxylic acids is 4. The van der Waals surface area contributed by atoms with Gasteiger partial charge in [-0.2, -0.15) is 0 Å². The van der Waals surface area contributed by atoms with Crippen LogP contribution in [0.5, 0.6) is 0 Å². The molecule has 9 heteroatoms. The summed E-state index contributed by atoms with van der Waals surface area (Å²) >= 11 is 0. The normalized spacial score (nSPS) is 21.3. The fraction of sp³-hybridized carbons (Fsp3) is 0.422. The Kier molecular flexibility index (Phi) is 12.1. The lowest BCUT2D eigenvalue weighted by Gasteiger charge is -2.15. The maximum atomic E-state index is 12.3. The molecule has 1 saturated heterocycles. The number of nitrogens with zero attached hydrogens (tertiary/aromatic N) is 3. The van der Waals surface area contributed by atoms with Crippen LogP contribution in [0, 0.1) is 62.3 Å². The van der Waals surface area contributed by atoms with Crippen molar-refractivity contribution in [3.05, 3.63) is 115 Å². The number of benzene rings is 3. The molecule has 0 saturated carbocycles. The Labute approximate surface area is 321 Å². The van der Waals surface area contributed by atoms with E-state index in [1.165, 1.54) is 11.1 Å². The molecule has 3 amide bonds. The molecular weight excluding hydrogens is 679 g/mol. The van der Waals surface area contributed by atoms with Crippen LogP contribution >= 0.6 is 0 Å². The maximum Gasteiger partial charge on any atom is 0.258 e. The number of aliphatic hydroxyl groups is 2. The van der Waals surface area contributed by atoms with Gasteiger partial charge in [0.2, 0.25) is 5.91 Å². The third kappa shape index (κ3) is 7.46. The van der Waals surface area contributed by atoms with E-state index in [1.807, 2.05) is 113 Å². The Balaban J connectivity index is 0.000000180. The van der Waals surface area contributed by atoms with Crippen LogP contribution in [0.4, 0.5) is 0 Å². The first-order valence-electron chi connectivity index (χ1n) is 18.5. The summed E-state index contributed by atoms with van der Waals surface area (Å²) in [7, 11) is 5.13. The summed E-state index contributed by atoms with van der Waals surface area (Å²) in [5.74, 6) is -0.522. The highest BCUT2D eigenvalue weighted by Gasteiger charge is 2.45. The fourth-order valence-electron chi connectivity index (χ4n) is 8.19. The Bertz CT molecular complexity index is 1930. The summed E-state index contributed by atoms with van der Waals surface area (Å²) < 4.78 is 0. The Morgan fingerprint density at radius 2 is 0.759 bits per heavy atom. The number of aryl methyl sites for hydroxylation is 9. The molecule has 0 bridgehead atoms. The molecule has 0 aliphatic carbocycles. The summed E-state index contributed by atoms with van der Waals surface area (Å²) in [6.45, 7) is 23.4. The van der Waals surface area contributed by atoms with Crippen molar-refractivity contribution in [1.82, 2.24) is 14.7 Å². The quantitative estimate of drug-likeness (QED) is 0.268. The number of Topliss-reactive ketones (excluding diaryl/α,β-unsaturated/α-hetero) is 1. The third-order valence-corrected chi connectivity index (χ3v) is 11.3. The van der Waals surface area contributed by atoms with Crippen LogP contribution in [-0.2, 0) is 19.2 Å². The van der Waals surface area contributed by atoms with Gasteiger partial charge in [0.05, 0.1) is 29.3 Å². The first-order chi connectivity index (χ1) is 25.0. The lowest BCUT2D eigenvalue weighted by molar-refractivity contribution is -0.129. The topological polar surface area (TPSA) is 118 Å². The first kappa shape index (κ1) is 41.6. The Morgan fingerprint density at radius 1 is 0.463 bits per heavy atom. The van der Waals surface area contributed by atoms with Crippen molar-refractivity contribution in [3.63, 3.8) is 0 Å². The van der Waals surface area contributed by atoms with Crippen molar-refractivity contribution in [3.8, 4) is 0 Å². The zero-order chi connectivity index (χ0) is 40.8. The third-order valence-electron chi connectivity index (χ3n) is 11.3. The molecule has 1 fully saturated rings. The van der Waals surface area contributed by atoms with Gasteiger partial charge in [0.1, 0.15) is 17.4 Å². The molecule has 3 heterocycles. The van der Waals surface area contributed by atoms with Gasteiger partial charge in [0, 0.05) is 21.1 Å². The van der Waals surface area contributed by atoms with Crippen molar-refractivity contribution in [1.29, 1.82) is 0 Å². The average Bonchev–Trinajstić information content (AvgIpc) is 3.47. The molecule has 0 aromatic heterocycles. The lowest BCUT2D eigenvalue weighted by Crippen LogP contribution is -2.29. The predicted octanol–water partition coefficient (Wildman–Crippen LogP) is 7.61. The smallest absolute Gasteiger partial charge is 0.258 e. The minimum absolute atomic E-state index is 0.0116. The Morgan fingerprint density at radius 3 is 1.00 bits per heavy atom. The number of aliphatic hydroxyl groups excluding tert-OH is 2. The van der Waals surface area contributed by atoms with Gasteiger partial charge in [0.25, 0.3) is 11.8 Å². The standard InChI is InChI=1S/3C15H19NO2/c3*1-8-6-9(2)12(10(3)7-8)13-14(17)11(4)16(5)15(13)18/h2*6-7,11,17H,1-5H3;6-7,11,13H,1-5H3. The number of ketones is 1. The average molecular weight is 736 g/mol. The number of amides is 3. The van der Waals surface area contributed by atoms with Crippen molar-refractivity contribution in [2.75, 3.05) is 21.1 Å². The zero-order valence-electron chi connectivity index (χ0n) is 34.6. The van der Waals surface area contributed by atoms with Crippen molar-refractivity contribution < 1.29 is 29.4 Å². The number of likely N-dealkylation sites (N-methyl/N-ethyl adjacent to an activating group) is 3. The SMILES string of the molecule is Cc1cc(C)c(C2=C(O)C(C)N(C)C2=O)c(C)c1.Cc1cc(C)c(C2=C(O)C(C)N(C)C2=O)c(C)c1.Cc1cc(C)c(C2C(=O)C(C)N(C)C2=O)c(C)c1. The molecule has 288 valence electrons. The fourth-order valence-corrected chi connectivity index (χ4v) is 8.19. The van der Waals surface area contributed by atoms with E-state index in [-0.39, 0.29) is 53.1 Å². The van der Waals surface area contributed by atoms with Gasteiger partial charge < -0.3 is 24.9 Å². The van der Waals surface area contributed by atoms with Crippen molar-refractivity contribution in [2.24, 2.45) is 0 Å². The van der Waals surface area contributed by atoms with E-state index in [4.69, 9.17) is 0 Å². The minimum atomic E-state index is -0.606. The van der Waals surface area contributed by atoms with E-state index < -0.39 is 5.92 Å². The molecule has 3 aromatic rings. The molecule has 54 heavy (non-hydrogen) atoms. The van der Waals surface area contributed by atoms with Gasteiger partial charge >= 0.3 is 0 Å². The molecule has 3 aliphatic heterocycles. The molecule has 3 aliphatic rings. The number of carbonyl (C=O) groups is 4. The highest BCUT2D eigenvalue weighted by molar-refractivity contribution is 6.24. The first-order valence-corrected chi connectivity index (χ1v) is 18.5. The van der Waals surface area contributed by atoms with E-state index in [1.54, 1.807) is 42.8 Å². The lowest BCUT2D eigenvalue weighted by atomic mass is 9.87. The van der Waals surface area contributed by atoms with Gasteiger partial charge in [-0.1, -0.05) is 53.1 Å². The second-order valence-corrected chi connectivity index (χ2v) is 15.5. The number of hydrogen-bond acceptors (Lipinski definition) is 6. The van der Waals surface area contributed by atoms with Crippen molar-refractivity contribution in [2.45, 2.75) is 107 Å². The largest absolute Gasteiger partial charge is 0.509 e. The van der Waals surface area contributed by atoms with Gasteiger partial charge in [-0.05, 0) is 133 Å². The molecule has 4 atom stereocenters. The van der Waals surface area contributed by atoms with Crippen LogP contribution < -0.4 is 0 Å². The Hall–Kier alpha value is -5.18. The minimum Gasteiger partial charge on any atom is -0.509 e. The van der Waals surface area contributed by atoms with Gasteiger partial charge in [-0.15, -0.1) is 0 Å². The molecule has 6 rings (SSSR count). The van der Waals surface area contributed by atoms with E-state index in [0.717, 1.165) is 55.6 Å². The van der Waals surface area contributed by atoms with Crippen molar-refractivity contribution >= 4 is 34.7 Å². The second kappa shape index (κ2) is 15.7. The molecule has 4 unspecified atom stereocenters. The van der Waals surface area contributed by atoms with Crippen LogP contribution in [0.25, 0.3) is 11.1 Å². The van der Waals surface area contributed by atoms with Gasteiger partial charge in [-0.25, -0.2) is 0 Å². The second-order valence-electron chi connectivity index (χ2n) is 15.5. The summed E-state index contributed by atoms with van der Waals surface area (Å²) in [4.78, 5) is 53.6. The zero-order valence-corrected chi connectivity index (χ0v) is 34.6. The van der Waals surface area contributed by atoms with Crippen LogP contribution in [0.2, 0.25) is 0 Å². The van der Waals surface area contributed by atoms with E-state index in [2.05, 4.69) is 0 Å². The monoisotopic (exact) mass is 735 g/mol. The number of likely N-dealkylation sites (tertiary alicyclic amines) is 1. The highest BCUT2D eigenvalue weighted by atomic mass is 16.3. The summed E-state index contributed by atoms with van der Waals surface area (Å²) in [5, 5.41) is 20.4. The molecule has 3 aromatic carbocycles. The number of rotatable bonds is 3. The van der Waals surface area contributed by atoms with E-state index in [9.17, 15) is 29.4 Å². The molecule has 2 N–H and O–H groups in total. The summed E-state index contributed by atoms with van der Waals surface area (Å²) in [6.07, 6.45) is 0. The van der Waals surface area contributed by atoms with Crippen LogP contribution in [0.3, 0.4) is 0 Å². The molecule has 0 radical (unpaired) electrons. The van der Waals surface area contributed by atoms with Crippen LogP contribution in [0.15, 0.2) is 47.9 Å². The van der Waals surface area contributed by atoms with Crippen LogP contribution in [0.1, 0.15) is 93.5 Å². The van der Waals surface area contributed by atoms with Gasteiger partial charge in [-0.3, -0.25) is 19.2 Å². The maximum absolute atomic E-state index is 12.3. The molecular formula is C45H57N3O6. The van der Waals surface area contributed by atoms with E-state index in [0.29, 0.717) is 11.1 Å². The van der Waals surface area contributed by atoms with Crippen LogP contribution in [-0.4, -0.2) is 87.7 Å².